The molecule has 7 nitrogen and oxygen atoms in total. The summed E-state index contributed by atoms with van der Waals surface area (Å²) < 4.78 is 10.9. The van der Waals surface area contributed by atoms with E-state index < -0.39 is 0 Å². The van der Waals surface area contributed by atoms with Crippen LogP contribution in [0.2, 0.25) is 0 Å². The minimum atomic E-state index is 0.0437. The summed E-state index contributed by atoms with van der Waals surface area (Å²) in [6.07, 6.45) is 0. The first kappa shape index (κ1) is 19.4. The summed E-state index contributed by atoms with van der Waals surface area (Å²) in [6.45, 7) is 9.73. The van der Waals surface area contributed by atoms with Gasteiger partial charge in [-0.05, 0) is 31.5 Å². The lowest BCUT2D eigenvalue weighted by Gasteiger charge is -2.33. The highest BCUT2D eigenvalue weighted by Gasteiger charge is 2.19. The summed E-state index contributed by atoms with van der Waals surface area (Å²) in [5.74, 6) is 1.77. The van der Waals surface area contributed by atoms with E-state index in [0.717, 1.165) is 55.5 Å². The number of rotatable bonds is 8. The molecular formula is C20H28N4O3. The van der Waals surface area contributed by atoms with E-state index in [-0.39, 0.29) is 5.91 Å². The number of piperazine rings is 1. The predicted octanol–water partition coefficient (Wildman–Crippen LogP) is 1.60. The highest BCUT2D eigenvalue weighted by atomic mass is 16.5. The van der Waals surface area contributed by atoms with Crippen molar-refractivity contribution >= 4 is 5.91 Å². The Bertz CT molecular complexity index is 738. The van der Waals surface area contributed by atoms with Crippen LogP contribution in [0.5, 0.6) is 5.75 Å². The van der Waals surface area contributed by atoms with Crippen LogP contribution in [0.25, 0.3) is 0 Å². The second-order valence-electron chi connectivity index (χ2n) is 7.00. The molecule has 27 heavy (non-hydrogen) atoms. The Kier molecular flexibility index (Phi) is 6.84. The minimum absolute atomic E-state index is 0.0437. The van der Waals surface area contributed by atoms with Gasteiger partial charge in [-0.1, -0.05) is 17.3 Å². The largest absolute Gasteiger partial charge is 0.492 e. The SMILES string of the molecule is Cc1cccc(OCCNC(=O)CN2CCN(Cc3cc(C)no3)CC2)c1. The maximum atomic E-state index is 12.1. The molecule has 1 aromatic heterocycles. The van der Waals surface area contributed by atoms with Crippen LogP contribution >= 0.6 is 0 Å². The highest BCUT2D eigenvalue weighted by molar-refractivity contribution is 5.78. The Morgan fingerprint density at radius 2 is 1.96 bits per heavy atom. The lowest BCUT2D eigenvalue weighted by atomic mass is 10.2. The molecule has 3 rings (SSSR count). The zero-order chi connectivity index (χ0) is 19.1. The zero-order valence-corrected chi connectivity index (χ0v) is 16.1. The maximum Gasteiger partial charge on any atom is 0.234 e. The molecule has 0 unspecified atom stereocenters. The molecular weight excluding hydrogens is 344 g/mol. The third-order valence-corrected chi connectivity index (χ3v) is 4.57. The van der Waals surface area contributed by atoms with Gasteiger partial charge in [0, 0.05) is 32.2 Å². The van der Waals surface area contributed by atoms with Crippen molar-refractivity contribution in [3.8, 4) is 5.75 Å². The maximum absolute atomic E-state index is 12.1. The van der Waals surface area contributed by atoms with Crippen molar-refractivity contribution in [2.45, 2.75) is 20.4 Å². The van der Waals surface area contributed by atoms with Crippen molar-refractivity contribution in [3.63, 3.8) is 0 Å². The Hall–Kier alpha value is -2.38. The van der Waals surface area contributed by atoms with E-state index in [1.54, 1.807) is 0 Å². The van der Waals surface area contributed by atoms with Gasteiger partial charge in [-0.3, -0.25) is 14.6 Å². The second-order valence-corrected chi connectivity index (χ2v) is 7.00. The van der Waals surface area contributed by atoms with E-state index in [1.807, 2.05) is 44.2 Å². The molecule has 0 spiro atoms. The Balaban J connectivity index is 1.29. The molecule has 0 saturated carbocycles. The predicted molar refractivity (Wildman–Crippen MR) is 103 cm³/mol. The number of benzene rings is 1. The van der Waals surface area contributed by atoms with Crippen LogP contribution in [0.3, 0.4) is 0 Å². The average molecular weight is 372 g/mol. The van der Waals surface area contributed by atoms with Crippen LogP contribution in [0.1, 0.15) is 17.0 Å². The van der Waals surface area contributed by atoms with Crippen LogP contribution in [0.4, 0.5) is 0 Å². The number of aromatic nitrogens is 1. The normalized spacial score (nSPS) is 15.6. The fraction of sp³-hybridized carbons (Fsp3) is 0.500. The summed E-state index contributed by atoms with van der Waals surface area (Å²) in [4.78, 5) is 16.6. The summed E-state index contributed by atoms with van der Waals surface area (Å²) in [6, 6.07) is 9.88. The van der Waals surface area contributed by atoms with Gasteiger partial charge in [0.15, 0.2) is 5.76 Å². The van der Waals surface area contributed by atoms with E-state index in [0.29, 0.717) is 19.7 Å². The highest BCUT2D eigenvalue weighted by Crippen LogP contribution is 2.12. The molecule has 146 valence electrons. The second kappa shape index (κ2) is 9.53. The van der Waals surface area contributed by atoms with E-state index >= 15 is 0 Å². The van der Waals surface area contributed by atoms with Crippen molar-refractivity contribution in [2.24, 2.45) is 0 Å². The number of hydrogen-bond donors (Lipinski definition) is 1. The molecule has 2 aromatic rings. The molecule has 1 N–H and O–H groups in total. The third kappa shape index (κ3) is 6.37. The lowest BCUT2D eigenvalue weighted by molar-refractivity contribution is -0.122. The van der Waals surface area contributed by atoms with Gasteiger partial charge in [0.25, 0.3) is 0 Å². The molecule has 1 amide bonds. The molecule has 1 aliphatic heterocycles. The van der Waals surface area contributed by atoms with Gasteiger partial charge < -0.3 is 14.6 Å². The Morgan fingerprint density at radius 3 is 2.67 bits per heavy atom. The number of hydrogen-bond acceptors (Lipinski definition) is 6. The topological polar surface area (TPSA) is 70.8 Å². The van der Waals surface area contributed by atoms with Crippen molar-refractivity contribution in [3.05, 3.63) is 47.3 Å². The number of aryl methyl sites for hydroxylation is 2. The Morgan fingerprint density at radius 1 is 1.19 bits per heavy atom. The first-order valence-electron chi connectivity index (χ1n) is 9.41. The molecule has 0 atom stereocenters. The summed E-state index contributed by atoms with van der Waals surface area (Å²) in [7, 11) is 0. The van der Waals surface area contributed by atoms with Crippen LogP contribution in [0.15, 0.2) is 34.9 Å². The van der Waals surface area contributed by atoms with Gasteiger partial charge in [0.1, 0.15) is 12.4 Å². The van der Waals surface area contributed by atoms with E-state index in [4.69, 9.17) is 9.26 Å². The lowest BCUT2D eigenvalue weighted by Crippen LogP contribution is -2.49. The number of amides is 1. The standard InChI is InChI=1S/C20H28N4O3/c1-16-4-3-5-18(12-16)26-11-6-21-20(25)15-24-9-7-23(8-10-24)14-19-13-17(2)22-27-19/h3-5,12-13H,6-11,14-15H2,1-2H3,(H,21,25). The van der Waals surface area contributed by atoms with Crippen LogP contribution < -0.4 is 10.1 Å². The molecule has 1 saturated heterocycles. The zero-order valence-electron chi connectivity index (χ0n) is 16.1. The molecule has 1 aliphatic rings. The average Bonchev–Trinajstić information content (AvgIpc) is 3.05. The van der Waals surface area contributed by atoms with Gasteiger partial charge in [0.2, 0.25) is 5.91 Å². The quantitative estimate of drug-likeness (QED) is 0.710. The van der Waals surface area contributed by atoms with Crippen LogP contribution in [0, 0.1) is 13.8 Å². The van der Waals surface area contributed by atoms with Crippen molar-refractivity contribution in [2.75, 3.05) is 45.9 Å². The van der Waals surface area contributed by atoms with Gasteiger partial charge in [0.05, 0.1) is 25.3 Å². The van der Waals surface area contributed by atoms with E-state index in [9.17, 15) is 4.79 Å². The minimum Gasteiger partial charge on any atom is -0.492 e. The van der Waals surface area contributed by atoms with E-state index in [2.05, 4.69) is 20.3 Å². The van der Waals surface area contributed by atoms with Crippen LogP contribution in [-0.2, 0) is 11.3 Å². The molecule has 0 bridgehead atoms. The Labute approximate surface area is 160 Å². The number of nitrogens with zero attached hydrogens (tertiary/aromatic N) is 3. The van der Waals surface area contributed by atoms with E-state index in [1.165, 1.54) is 0 Å². The number of ether oxygens (including phenoxy) is 1. The van der Waals surface area contributed by atoms with Gasteiger partial charge in [-0.2, -0.15) is 0 Å². The smallest absolute Gasteiger partial charge is 0.234 e. The third-order valence-electron chi connectivity index (χ3n) is 4.57. The van der Waals surface area contributed by atoms with Crippen molar-refractivity contribution in [1.29, 1.82) is 0 Å². The fourth-order valence-corrected chi connectivity index (χ4v) is 3.14. The summed E-state index contributed by atoms with van der Waals surface area (Å²) >= 11 is 0. The van der Waals surface area contributed by atoms with Gasteiger partial charge >= 0.3 is 0 Å². The number of carbonyl (C=O) groups excluding carboxylic acids is 1. The summed E-state index contributed by atoms with van der Waals surface area (Å²) in [5.41, 5.74) is 2.07. The first-order valence-corrected chi connectivity index (χ1v) is 9.41. The summed E-state index contributed by atoms with van der Waals surface area (Å²) in [5, 5.41) is 6.85. The fourth-order valence-electron chi connectivity index (χ4n) is 3.14. The van der Waals surface area contributed by atoms with Crippen LogP contribution in [-0.4, -0.2) is 66.7 Å². The van der Waals surface area contributed by atoms with Crippen molar-refractivity contribution in [1.82, 2.24) is 20.3 Å². The molecule has 0 radical (unpaired) electrons. The number of carbonyl (C=O) groups is 1. The van der Waals surface area contributed by atoms with Crippen molar-refractivity contribution < 1.29 is 14.1 Å². The first-order chi connectivity index (χ1) is 13.1. The molecule has 7 heteroatoms. The molecule has 1 aromatic carbocycles. The monoisotopic (exact) mass is 372 g/mol. The molecule has 2 heterocycles. The van der Waals surface area contributed by atoms with Gasteiger partial charge in [-0.15, -0.1) is 0 Å². The molecule has 1 fully saturated rings. The van der Waals surface area contributed by atoms with Gasteiger partial charge in [-0.25, -0.2) is 0 Å². The number of nitrogens with one attached hydrogen (secondary N) is 1. The molecule has 0 aliphatic carbocycles.